The van der Waals surface area contributed by atoms with Gasteiger partial charge in [-0.2, -0.15) is 0 Å². The zero-order chi connectivity index (χ0) is 14.4. The average Bonchev–Trinajstić information content (AvgIpc) is 3.30. The summed E-state index contributed by atoms with van der Waals surface area (Å²) < 4.78 is 5.75. The molecule has 20 heavy (non-hydrogen) atoms. The number of nitrogens with two attached hydrogens (primary N) is 1. The summed E-state index contributed by atoms with van der Waals surface area (Å²) in [5.74, 6) is 0.968. The molecule has 2 N–H and O–H groups in total. The summed E-state index contributed by atoms with van der Waals surface area (Å²) in [4.78, 5) is 2.58. The Morgan fingerprint density at radius 3 is 2.70 bits per heavy atom. The molecule has 0 aromatic heterocycles. The Bertz CT molecular complexity index is 404. The molecule has 0 spiro atoms. The van der Waals surface area contributed by atoms with Crippen LogP contribution in [-0.4, -0.2) is 30.6 Å². The molecule has 1 aromatic rings. The second-order valence-corrected chi connectivity index (χ2v) is 5.64. The van der Waals surface area contributed by atoms with E-state index >= 15 is 0 Å². The first-order valence-electron chi connectivity index (χ1n) is 7.98. The highest BCUT2D eigenvalue weighted by atomic mass is 16.5. The van der Waals surface area contributed by atoms with Crippen molar-refractivity contribution >= 4 is 0 Å². The average molecular weight is 276 g/mol. The molecule has 1 aliphatic rings. The van der Waals surface area contributed by atoms with Gasteiger partial charge in [0, 0.05) is 18.6 Å². The van der Waals surface area contributed by atoms with E-state index in [9.17, 15) is 0 Å². The number of hydrogen-bond acceptors (Lipinski definition) is 3. The first-order chi connectivity index (χ1) is 9.80. The molecular weight excluding hydrogens is 248 g/mol. The highest BCUT2D eigenvalue weighted by Crippen LogP contribution is 2.34. The van der Waals surface area contributed by atoms with Crippen molar-refractivity contribution in [1.29, 1.82) is 0 Å². The minimum absolute atomic E-state index is 0.327. The lowest BCUT2D eigenvalue weighted by molar-refractivity contribution is 0.191. The van der Waals surface area contributed by atoms with Crippen LogP contribution in [0.2, 0.25) is 0 Å². The van der Waals surface area contributed by atoms with Gasteiger partial charge < -0.3 is 10.5 Å². The maximum atomic E-state index is 6.07. The summed E-state index contributed by atoms with van der Waals surface area (Å²) in [6, 6.07) is 9.53. The molecule has 1 aromatic carbocycles. The molecule has 112 valence electrons. The normalized spacial score (nSPS) is 16.4. The van der Waals surface area contributed by atoms with Crippen molar-refractivity contribution in [1.82, 2.24) is 4.90 Å². The van der Waals surface area contributed by atoms with Gasteiger partial charge in [-0.25, -0.2) is 0 Å². The summed E-state index contributed by atoms with van der Waals surface area (Å²) >= 11 is 0. The Hall–Kier alpha value is -1.06. The van der Waals surface area contributed by atoms with Crippen LogP contribution < -0.4 is 10.5 Å². The third-order valence-corrected chi connectivity index (χ3v) is 3.84. The molecule has 1 atom stereocenters. The highest BCUT2D eigenvalue weighted by Gasteiger charge is 2.33. The molecule has 0 heterocycles. The van der Waals surface area contributed by atoms with E-state index in [-0.39, 0.29) is 0 Å². The van der Waals surface area contributed by atoms with E-state index < -0.39 is 0 Å². The zero-order valence-electron chi connectivity index (χ0n) is 12.8. The minimum Gasteiger partial charge on any atom is -0.494 e. The highest BCUT2D eigenvalue weighted by molar-refractivity contribution is 5.31. The summed E-state index contributed by atoms with van der Waals surface area (Å²) in [6.45, 7) is 6.95. The quantitative estimate of drug-likeness (QED) is 0.751. The van der Waals surface area contributed by atoms with Gasteiger partial charge in [-0.3, -0.25) is 4.90 Å². The number of nitrogens with zero attached hydrogens (tertiary/aromatic N) is 1. The van der Waals surface area contributed by atoms with E-state index in [0.29, 0.717) is 12.6 Å². The lowest BCUT2D eigenvalue weighted by Gasteiger charge is -2.31. The Kier molecular flexibility index (Phi) is 5.86. The van der Waals surface area contributed by atoms with Crippen LogP contribution in [0.5, 0.6) is 5.75 Å². The van der Waals surface area contributed by atoms with Gasteiger partial charge in [0.05, 0.1) is 6.61 Å². The predicted octanol–water partition coefficient (Wildman–Crippen LogP) is 3.35. The van der Waals surface area contributed by atoms with Crippen molar-refractivity contribution in [2.45, 2.75) is 51.6 Å². The molecule has 3 heteroatoms. The van der Waals surface area contributed by atoms with Crippen molar-refractivity contribution in [2.24, 2.45) is 5.73 Å². The van der Waals surface area contributed by atoms with Gasteiger partial charge in [0.2, 0.25) is 0 Å². The van der Waals surface area contributed by atoms with Crippen LogP contribution in [0.15, 0.2) is 24.3 Å². The molecule has 0 amide bonds. The third-order valence-electron chi connectivity index (χ3n) is 3.84. The molecule has 1 unspecified atom stereocenters. The number of rotatable bonds is 9. The summed E-state index contributed by atoms with van der Waals surface area (Å²) in [5.41, 5.74) is 7.36. The van der Waals surface area contributed by atoms with E-state index in [1.54, 1.807) is 0 Å². The molecule has 3 nitrogen and oxygen atoms in total. The maximum absolute atomic E-state index is 6.07. The molecule has 0 bridgehead atoms. The number of benzene rings is 1. The van der Waals surface area contributed by atoms with Crippen LogP contribution in [-0.2, 0) is 0 Å². The summed E-state index contributed by atoms with van der Waals surface area (Å²) in [5, 5.41) is 0. The van der Waals surface area contributed by atoms with Crippen molar-refractivity contribution in [2.75, 3.05) is 19.7 Å². The van der Waals surface area contributed by atoms with Crippen molar-refractivity contribution in [3.63, 3.8) is 0 Å². The first kappa shape index (κ1) is 15.3. The standard InChI is InChI=1S/C17H28N2O/c1-3-10-19(15-8-9-15)17(13-18)14-6-5-7-16(12-14)20-11-4-2/h5-7,12,15,17H,3-4,8-11,13,18H2,1-2H3. The zero-order valence-corrected chi connectivity index (χ0v) is 12.8. The van der Waals surface area contributed by atoms with Gasteiger partial charge in [-0.1, -0.05) is 26.0 Å². The van der Waals surface area contributed by atoms with Crippen molar-refractivity contribution in [3.8, 4) is 5.75 Å². The van der Waals surface area contributed by atoms with Gasteiger partial charge in [-0.15, -0.1) is 0 Å². The fraction of sp³-hybridized carbons (Fsp3) is 0.647. The van der Waals surface area contributed by atoms with Crippen LogP contribution >= 0.6 is 0 Å². The van der Waals surface area contributed by atoms with Crippen LogP contribution in [0.3, 0.4) is 0 Å². The molecule has 1 saturated carbocycles. The van der Waals surface area contributed by atoms with Crippen molar-refractivity contribution in [3.05, 3.63) is 29.8 Å². The van der Waals surface area contributed by atoms with E-state index in [4.69, 9.17) is 10.5 Å². The van der Waals surface area contributed by atoms with E-state index in [1.807, 2.05) is 6.07 Å². The van der Waals surface area contributed by atoms with E-state index in [1.165, 1.54) is 24.8 Å². The number of hydrogen-bond donors (Lipinski definition) is 1. The van der Waals surface area contributed by atoms with Crippen LogP contribution in [0, 0.1) is 0 Å². The SMILES string of the molecule is CCCOc1cccc(C(CN)N(CCC)C2CC2)c1. The Labute approximate surface area is 123 Å². The van der Waals surface area contributed by atoms with Gasteiger partial charge >= 0.3 is 0 Å². The fourth-order valence-electron chi connectivity index (χ4n) is 2.75. The first-order valence-corrected chi connectivity index (χ1v) is 7.98. The molecule has 0 radical (unpaired) electrons. The molecule has 2 rings (SSSR count). The molecule has 0 aliphatic heterocycles. The monoisotopic (exact) mass is 276 g/mol. The van der Waals surface area contributed by atoms with Gasteiger partial charge in [0.15, 0.2) is 0 Å². The van der Waals surface area contributed by atoms with Crippen LogP contribution in [0.4, 0.5) is 0 Å². The summed E-state index contributed by atoms with van der Waals surface area (Å²) in [6.07, 6.45) is 4.86. The van der Waals surface area contributed by atoms with Gasteiger partial charge in [-0.05, 0) is 49.9 Å². The molecule has 1 aliphatic carbocycles. The second kappa shape index (κ2) is 7.65. The van der Waals surface area contributed by atoms with E-state index in [2.05, 4.69) is 36.9 Å². The molecular formula is C17H28N2O. The van der Waals surface area contributed by atoms with Gasteiger partial charge in [0.25, 0.3) is 0 Å². The van der Waals surface area contributed by atoms with Crippen molar-refractivity contribution < 1.29 is 4.74 Å². The van der Waals surface area contributed by atoms with Gasteiger partial charge in [0.1, 0.15) is 5.75 Å². The Morgan fingerprint density at radius 2 is 2.10 bits per heavy atom. The third kappa shape index (κ3) is 3.97. The fourth-order valence-corrected chi connectivity index (χ4v) is 2.75. The Morgan fingerprint density at radius 1 is 1.30 bits per heavy atom. The molecule has 1 fully saturated rings. The Balaban J connectivity index is 2.12. The largest absolute Gasteiger partial charge is 0.494 e. The topological polar surface area (TPSA) is 38.5 Å². The van der Waals surface area contributed by atoms with Crippen LogP contribution in [0.25, 0.3) is 0 Å². The minimum atomic E-state index is 0.327. The summed E-state index contributed by atoms with van der Waals surface area (Å²) in [7, 11) is 0. The predicted molar refractivity (Wildman–Crippen MR) is 84.0 cm³/mol. The maximum Gasteiger partial charge on any atom is 0.119 e. The van der Waals surface area contributed by atoms with Crippen LogP contribution in [0.1, 0.15) is 51.1 Å². The lowest BCUT2D eigenvalue weighted by atomic mass is 10.0. The molecule has 0 saturated heterocycles. The lowest BCUT2D eigenvalue weighted by Crippen LogP contribution is -2.36. The second-order valence-electron chi connectivity index (χ2n) is 5.64. The number of ether oxygens (including phenoxy) is 1. The smallest absolute Gasteiger partial charge is 0.119 e. The van der Waals surface area contributed by atoms with E-state index in [0.717, 1.165) is 31.4 Å².